The molecule has 0 aromatic heterocycles. The Morgan fingerprint density at radius 3 is 2.37 bits per heavy atom. The standard InChI is InChI=1S/C14H18N2O3/c1-11-10-12(16(18)19)6-7-13(11)14(17)15-8-4-2-3-5-9-15/h6-7,10H,2-5,8-9H2,1H3. The van der Waals surface area contributed by atoms with E-state index >= 15 is 0 Å². The molecule has 1 saturated heterocycles. The number of carbonyl (C=O) groups excluding carboxylic acids is 1. The van der Waals surface area contributed by atoms with Gasteiger partial charge in [-0.1, -0.05) is 12.8 Å². The summed E-state index contributed by atoms with van der Waals surface area (Å²) in [7, 11) is 0. The van der Waals surface area contributed by atoms with Gasteiger partial charge < -0.3 is 4.90 Å². The molecular weight excluding hydrogens is 244 g/mol. The number of nitro benzene ring substituents is 1. The summed E-state index contributed by atoms with van der Waals surface area (Å²) >= 11 is 0. The molecule has 0 atom stereocenters. The zero-order chi connectivity index (χ0) is 13.8. The molecule has 1 aliphatic heterocycles. The minimum Gasteiger partial charge on any atom is -0.339 e. The normalized spacial score (nSPS) is 15.9. The zero-order valence-electron chi connectivity index (χ0n) is 11.1. The van der Waals surface area contributed by atoms with Crippen LogP contribution in [0.2, 0.25) is 0 Å². The number of nitrogens with zero attached hydrogens (tertiary/aromatic N) is 2. The number of likely N-dealkylation sites (tertiary alicyclic amines) is 1. The summed E-state index contributed by atoms with van der Waals surface area (Å²) < 4.78 is 0. The Morgan fingerprint density at radius 2 is 1.84 bits per heavy atom. The molecule has 1 fully saturated rings. The van der Waals surface area contributed by atoms with Gasteiger partial charge in [0.05, 0.1) is 4.92 Å². The molecule has 1 aliphatic rings. The third-order valence-electron chi connectivity index (χ3n) is 3.54. The van der Waals surface area contributed by atoms with Gasteiger partial charge in [-0.3, -0.25) is 14.9 Å². The lowest BCUT2D eigenvalue weighted by Gasteiger charge is -2.21. The maximum atomic E-state index is 12.4. The van der Waals surface area contributed by atoms with Crippen LogP contribution in [0.25, 0.3) is 0 Å². The van der Waals surface area contributed by atoms with Gasteiger partial charge in [0.1, 0.15) is 0 Å². The van der Waals surface area contributed by atoms with Gasteiger partial charge in [-0.15, -0.1) is 0 Å². The third-order valence-corrected chi connectivity index (χ3v) is 3.54. The molecule has 0 unspecified atom stereocenters. The summed E-state index contributed by atoms with van der Waals surface area (Å²) in [4.78, 5) is 24.5. The van der Waals surface area contributed by atoms with Crippen LogP contribution in [0.15, 0.2) is 18.2 Å². The van der Waals surface area contributed by atoms with Gasteiger partial charge in [-0.05, 0) is 31.4 Å². The molecule has 19 heavy (non-hydrogen) atoms. The van der Waals surface area contributed by atoms with Gasteiger partial charge in [-0.25, -0.2) is 0 Å². The van der Waals surface area contributed by atoms with Crippen LogP contribution in [0.5, 0.6) is 0 Å². The highest BCUT2D eigenvalue weighted by Gasteiger charge is 2.20. The first kappa shape index (κ1) is 13.5. The lowest BCUT2D eigenvalue weighted by molar-refractivity contribution is -0.384. The Morgan fingerprint density at radius 1 is 1.21 bits per heavy atom. The van der Waals surface area contributed by atoms with Gasteiger partial charge in [0.2, 0.25) is 0 Å². The fourth-order valence-electron chi connectivity index (χ4n) is 2.45. The number of nitro groups is 1. The number of benzene rings is 1. The molecule has 1 aromatic carbocycles. The second-order valence-electron chi connectivity index (χ2n) is 4.96. The number of hydrogen-bond acceptors (Lipinski definition) is 3. The molecule has 0 radical (unpaired) electrons. The van der Waals surface area contributed by atoms with Crippen molar-refractivity contribution in [1.82, 2.24) is 4.90 Å². The van der Waals surface area contributed by atoms with E-state index in [1.807, 2.05) is 4.90 Å². The Labute approximate surface area is 112 Å². The van der Waals surface area contributed by atoms with E-state index in [1.165, 1.54) is 25.0 Å². The second kappa shape index (κ2) is 5.82. The average Bonchev–Trinajstić information content (AvgIpc) is 2.66. The Hall–Kier alpha value is -1.91. The number of carbonyl (C=O) groups is 1. The molecular formula is C14H18N2O3. The van der Waals surface area contributed by atoms with Gasteiger partial charge in [0.15, 0.2) is 0 Å². The smallest absolute Gasteiger partial charge is 0.269 e. The molecule has 1 amide bonds. The van der Waals surface area contributed by atoms with Crippen LogP contribution < -0.4 is 0 Å². The zero-order valence-corrected chi connectivity index (χ0v) is 11.1. The van der Waals surface area contributed by atoms with Crippen LogP contribution >= 0.6 is 0 Å². The molecule has 0 N–H and O–H groups in total. The molecule has 2 rings (SSSR count). The second-order valence-corrected chi connectivity index (χ2v) is 4.96. The van der Waals surface area contributed by atoms with Crippen LogP contribution in [0, 0.1) is 17.0 Å². The first-order valence-electron chi connectivity index (χ1n) is 6.64. The highest BCUT2D eigenvalue weighted by molar-refractivity contribution is 5.96. The highest BCUT2D eigenvalue weighted by Crippen LogP contribution is 2.20. The predicted molar refractivity (Wildman–Crippen MR) is 72.2 cm³/mol. The van der Waals surface area contributed by atoms with Crippen molar-refractivity contribution in [3.05, 3.63) is 39.4 Å². The summed E-state index contributed by atoms with van der Waals surface area (Å²) in [5.74, 6) is -0.00528. The Balaban J connectivity index is 2.20. The number of non-ortho nitro benzene ring substituents is 1. The van der Waals surface area contributed by atoms with E-state index in [9.17, 15) is 14.9 Å². The van der Waals surface area contributed by atoms with Crippen LogP contribution in [-0.4, -0.2) is 28.8 Å². The van der Waals surface area contributed by atoms with Crippen molar-refractivity contribution >= 4 is 11.6 Å². The minimum absolute atomic E-state index is 0.00528. The van der Waals surface area contributed by atoms with E-state index in [4.69, 9.17) is 0 Å². The number of amides is 1. The van der Waals surface area contributed by atoms with Crippen molar-refractivity contribution in [2.45, 2.75) is 32.6 Å². The lowest BCUT2D eigenvalue weighted by atomic mass is 10.1. The van der Waals surface area contributed by atoms with E-state index in [0.717, 1.165) is 25.9 Å². The maximum Gasteiger partial charge on any atom is 0.269 e. The third kappa shape index (κ3) is 3.10. The number of rotatable bonds is 2. The Bertz CT molecular complexity index is 491. The maximum absolute atomic E-state index is 12.4. The first-order valence-corrected chi connectivity index (χ1v) is 6.64. The fourth-order valence-corrected chi connectivity index (χ4v) is 2.45. The van der Waals surface area contributed by atoms with Gasteiger partial charge in [0, 0.05) is 30.8 Å². The molecule has 0 aliphatic carbocycles. The monoisotopic (exact) mass is 262 g/mol. The van der Waals surface area contributed by atoms with Gasteiger partial charge >= 0.3 is 0 Å². The fraction of sp³-hybridized carbons (Fsp3) is 0.500. The van der Waals surface area contributed by atoms with Crippen LogP contribution in [-0.2, 0) is 0 Å². The molecule has 1 heterocycles. The van der Waals surface area contributed by atoms with Crippen LogP contribution in [0.3, 0.4) is 0 Å². The lowest BCUT2D eigenvalue weighted by Crippen LogP contribution is -2.32. The first-order chi connectivity index (χ1) is 9.09. The predicted octanol–water partition coefficient (Wildman–Crippen LogP) is 2.92. The molecule has 1 aromatic rings. The topological polar surface area (TPSA) is 63.5 Å². The van der Waals surface area contributed by atoms with E-state index in [1.54, 1.807) is 13.0 Å². The van der Waals surface area contributed by atoms with E-state index in [0.29, 0.717) is 11.1 Å². The van der Waals surface area contributed by atoms with Crippen molar-refractivity contribution in [3.8, 4) is 0 Å². The van der Waals surface area contributed by atoms with Gasteiger partial charge in [-0.2, -0.15) is 0 Å². The summed E-state index contributed by atoms with van der Waals surface area (Å²) in [5, 5.41) is 10.7. The van der Waals surface area contributed by atoms with E-state index in [-0.39, 0.29) is 11.6 Å². The van der Waals surface area contributed by atoms with E-state index in [2.05, 4.69) is 0 Å². The summed E-state index contributed by atoms with van der Waals surface area (Å²) in [6.45, 7) is 3.32. The molecule has 0 spiro atoms. The van der Waals surface area contributed by atoms with Crippen molar-refractivity contribution in [1.29, 1.82) is 0 Å². The molecule has 0 bridgehead atoms. The molecule has 102 valence electrons. The van der Waals surface area contributed by atoms with Crippen LogP contribution in [0.1, 0.15) is 41.6 Å². The minimum atomic E-state index is -0.437. The SMILES string of the molecule is Cc1cc([N+](=O)[O-])ccc1C(=O)N1CCCCCC1. The van der Waals surface area contributed by atoms with Crippen molar-refractivity contribution in [2.24, 2.45) is 0 Å². The molecule has 5 heteroatoms. The highest BCUT2D eigenvalue weighted by atomic mass is 16.6. The summed E-state index contributed by atoms with van der Waals surface area (Å²) in [6.07, 6.45) is 4.42. The van der Waals surface area contributed by atoms with Crippen LogP contribution in [0.4, 0.5) is 5.69 Å². The van der Waals surface area contributed by atoms with Crippen molar-refractivity contribution in [2.75, 3.05) is 13.1 Å². The van der Waals surface area contributed by atoms with E-state index < -0.39 is 4.92 Å². The quantitative estimate of drug-likeness (QED) is 0.608. The largest absolute Gasteiger partial charge is 0.339 e. The Kier molecular flexibility index (Phi) is 4.14. The number of aryl methyl sites for hydroxylation is 1. The van der Waals surface area contributed by atoms with Gasteiger partial charge in [0.25, 0.3) is 11.6 Å². The molecule has 0 saturated carbocycles. The van der Waals surface area contributed by atoms with Crippen molar-refractivity contribution < 1.29 is 9.72 Å². The molecule has 5 nitrogen and oxygen atoms in total. The number of hydrogen-bond donors (Lipinski definition) is 0. The summed E-state index contributed by atoms with van der Waals surface area (Å²) in [5.41, 5.74) is 1.28. The van der Waals surface area contributed by atoms with Crippen molar-refractivity contribution in [3.63, 3.8) is 0 Å². The average molecular weight is 262 g/mol. The summed E-state index contributed by atoms with van der Waals surface area (Å²) in [6, 6.07) is 4.43.